The predicted molar refractivity (Wildman–Crippen MR) is 87.7 cm³/mol. The summed E-state index contributed by atoms with van der Waals surface area (Å²) in [5.41, 5.74) is 1.40. The summed E-state index contributed by atoms with van der Waals surface area (Å²) in [6, 6.07) is 4.55. The van der Waals surface area contributed by atoms with Crippen LogP contribution in [-0.4, -0.2) is 52.7 Å². The molecule has 0 radical (unpaired) electrons. The van der Waals surface area contributed by atoms with Crippen molar-refractivity contribution in [2.75, 3.05) is 12.4 Å². The number of aliphatic hydroxyl groups excluding tert-OH is 1. The van der Waals surface area contributed by atoms with Crippen molar-refractivity contribution in [2.24, 2.45) is 5.92 Å². The molecule has 1 aromatic rings. The lowest BCUT2D eigenvalue weighted by molar-refractivity contribution is -0.161. The Bertz CT molecular complexity index is 785. The van der Waals surface area contributed by atoms with Gasteiger partial charge in [-0.3, -0.25) is 9.59 Å². The number of fused-ring (bicyclic) bond motifs is 1. The molecule has 0 aromatic heterocycles. The number of carboxylic acids is 1. The van der Waals surface area contributed by atoms with Crippen LogP contribution in [0.2, 0.25) is 0 Å². The molecule has 25 heavy (non-hydrogen) atoms. The highest BCUT2D eigenvalue weighted by atomic mass is 16.5. The largest absolute Gasteiger partial charge is 0.495 e. The Morgan fingerprint density at radius 2 is 2.20 bits per heavy atom. The first-order chi connectivity index (χ1) is 11.9. The molecule has 2 aliphatic rings. The fraction of sp³-hybridized carbons (Fsp3) is 0.353. The molecular formula is C17H18N2O6. The first kappa shape index (κ1) is 17.0. The normalized spacial score (nSPS) is 23.0. The predicted octanol–water partition coefficient (Wildman–Crippen LogP) is 0.671. The number of methoxy groups -OCH3 is 1. The molecule has 3 atom stereocenters. The van der Waals surface area contributed by atoms with E-state index in [-0.39, 0.29) is 17.6 Å². The minimum Gasteiger partial charge on any atom is -0.495 e. The monoisotopic (exact) mass is 346 g/mol. The zero-order chi connectivity index (χ0) is 18.3. The Morgan fingerprint density at radius 3 is 2.76 bits per heavy atom. The maximum absolute atomic E-state index is 12.2. The Kier molecular flexibility index (Phi) is 4.22. The second-order valence-corrected chi connectivity index (χ2v) is 6.06. The standard InChI is InChI=1S/C17H18N2O6/c1-8(21)14-12-6-10(15(17(23)24)19(12)16(14)22)9-3-4-13(25-2)11(5-9)18-7-20/h3-5,7-8,12,14,21H,6H2,1-2H3,(H,18,20)(H,23,24)/t8-,12-,14-/m1/s1. The van der Waals surface area contributed by atoms with E-state index in [2.05, 4.69) is 5.32 Å². The summed E-state index contributed by atoms with van der Waals surface area (Å²) < 4.78 is 5.16. The molecule has 3 rings (SSSR count). The van der Waals surface area contributed by atoms with Crippen LogP contribution in [0.15, 0.2) is 23.9 Å². The number of nitrogens with one attached hydrogen (secondary N) is 1. The number of aliphatic hydroxyl groups is 1. The number of carbonyl (C=O) groups is 3. The number of nitrogens with zero attached hydrogens (tertiary/aromatic N) is 1. The SMILES string of the molecule is COc1ccc(C2=C(C(=O)O)N3C(=O)[C@H]([C@@H](C)O)[C@H]3C2)cc1NC=O. The Balaban J connectivity index is 2.04. The van der Waals surface area contributed by atoms with E-state index in [9.17, 15) is 24.6 Å². The first-order valence-corrected chi connectivity index (χ1v) is 7.76. The molecular weight excluding hydrogens is 328 g/mol. The molecule has 3 N–H and O–H groups in total. The molecule has 132 valence electrons. The maximum Gasteiger partial charge on any atom is 0.352 e. The summed E-state index contributed by atoms with van der Waals surface area (Å²) in [6.07, 6.45) is -0.00928. The summed E-state index contributed by atoms with van der Waals surface area (Å²) in [5.74, 6) is -1.74. The fourth-order valence-electron chi connectivity index (χ4n) is 3.60. The summed E-state index contributed by atoms with van der Waals surface area (Å²) in [7, 11) is 1.46. The number of β-lactam (4-membered cyclic amide) rings is 1. The van der Waals surface area contributed by atoms with E-state index in [1.807, 2.05) is 0 Å². The van der Waals surface area contributed by atoms with E-state index in [0.29, 0.717) is 35.4 Å². The van der Waals surface area contributed by atoms with Crippen molar-refractivity contribution in [3.8, 4) is 5.75 Å². The van der Waals surface area contributed by atoms with Gasteiger partial charge >= 0.3 is 5.97 Å². The Hall–Kier alpha value is -2.87. The van der Waals surface area contributed by atoms with Crippen molar-refractivity contribution >= 4 is 29.5 Å². The average molecular weight is 346 g/mol. The maximum atomic E-state index is 12.2. The van der Waals surface area contributed by atoms with Crippen LogP contribution in [0.3, 0.4) is 0 Å². The van der Waals surface area contributed by atoms with Crippen LogP contribution in [0.1, 0.15) is 18.9 Å². The van der Waals surface area contributed by atoms with Crippen LogP contribution in [0.4, 0.5) is 5.69 Å². The zero-order valence-electron chi connectivity index (χ0n) is 13.7. The molecule has 0 bridgehead atoms. The van der Waals surface area contributed by atoms with E-state index in [1.54, 1.807) is 18.2 Å². The lowest BCUT2D eigenvalue weighted by Crippen LogP contribution is -2.61. The average Bonchev–Trinajstić information content (AvgIpc) is 2.90. The van der Waals surface area contributed by atoms with Gasteiger partial charge in [-0.15, -0.1) is 0 Å². The van der Waals surface area contributed by atoms with Crippen molar-refractivity contribution in [2.45, 2.75) is 25.5 Å². The third kappa shape index (κ3) is 2.54. The minimum absolute atomic E-state index is 0.0749. The van der Waals surface area contributed by atoms with E-state index < -0.39 is 18.0 Å². The number of hydrogen-bond acceptors (Lipinski definition) is 5. The number of hydrogen-bond donors (Lipinski definition) is 3. The number of carbonyl (C=O) groups excluding carboxylic acids is 2. The molecule has 0 spiro atoms. The van der Waals surface area contributed by atoms with Crippen LogP contribution in [0.25, 0.3) is 5.57 Å². The van der Waals surface area contributed by atoms with Crippen LogP contribution in [0, 0.1) is 5.92 Å². The van der Waals surface area contributed by atoms with Gasteiger partial charge in [0, 0.05) is 0 Å². The van der Waals surface area contributed by atoms with Crippen molar-refractivity contribution < 1.29 is 29.3 Å². The lowest BCUT2D eigenvalue weighted by Gasteiger charge is -2.44. The van der Waals surface area contributed by atoms with Crippen LogP contribution >= 0.6 is 0 Å². The van der Waals surface area contributed by atoms with Gasteiger partial charge in [-0.05, 0) is 36.6 Å². The van der Waals surface area contributed by atoms with Gasteiger partial charge in [0.1, 0.15) is 11.4 Å². The third-order valence-corrected chi connectivity index (χ3v) is 4.69. The van der Waals surface area contributed by atoms with Gasteiger partial charge in [-0.25, -0.2) is 4.79 Å². The molecule has 1 aromatic carbocycles. The van der Waals surface area contributed by atoms with E-state index >= 15 is 0 Å². The molecule has 0 saturated carbocycles. The van der Waals surface area contributed by atoms with Gasteiger partial charge in [0.2, 0.25) is 12.3 Å². The number of rotatable bonds is 6. The topological polar surface area (TPSA) is 116 Å². The number of benzene rings is 1. The number of aliphatic carboxylic acids is 1. The molecule has 1 fully saturated rings. The summed E-state index contributed by atoms with van der Waals surface area (Å²) in [4.78, 5) is 36.0. The number of anilines is 1. The first-order valence-electron chi connectivity index (χ1n) is 7.76. The van der Waals surface area contributed by atoms with Crippen LogP contribution in [0.5, 0.6) is 5.75 Å². The summed E-state index contributed by atoms with van der Waals surface area (Å²) in [6.45, 7) is 1.53. The van der Waals surface area contributed by atoms with Gasteiger partial charge in [-0.2, -0.15) is 0 Å². The molecule has 0 unspecified atom stereocenters. The smallest absolute Gasteiger partial charge is 0.352 e. The van der Waals surface area contributed by atoms with Crippen molar-refractivity contribution in [1.29, 1.82) is 0 Å². The number of amides is 2. The quantitative estimate of drug-likeness (QED) is 0.515. The van der Waals surface area contributed by atoms with Gasteiger partial charge < -0.3 is 25.2 Å². The van der Waals surface area contributed by atoms with E-state index in [1.165, 1.54) is 18.9 Å². The minimum atomic E-state index is -1.20. The summed E-state index contributed by atoms with van der Waals surface area (Å²) >= 11 is 0. The van der Waals surface area contributed by atoms with Crippen molar-refractivity contribution in [3.05, 3.63) is 29.5 Å². The molecule has 0 aliphatic carbocycles. The second kappa shape index (κ2) is 6.21. The Labute approximate surface area is 143 Å². The molecule has 2 aliphatic heterocycles. The third-order valence-electron chi connectivity index (χ3n) is 4.69. The fourth-order valence-corrected chi connectivity index (χ4v) is 3.60. The molecule has 1 saturated heterocycles. The molecule has 8 nitrogen and oxygen atoms in total. The number of carboxylic acid groups (broad SMARTS) is 1. The second-order valence-electron chi connectivity index (χ2n) is 6.06. The Morgan fingerprint density at radius 1 is 1.48 bits per heavy atom. The van der Waals surface area contributed by atoms with Gasteiger partial charge in [0.05, 0.1) is 30.9 Å². The number of ether oxygens (including phenoxy) is 1. The van der Waals surface area contributed by atoms with Crippen LogP contribution in [-0.2, 0) is 14.4 Å². The van der Waals surface area contributed by atoms with Crippen molar-refractivity contribution in [1.82, 2.24) is 4.90 Å². The highest BCUT2D eigenvalue weighted by molar-refractivity contribution is 6.06. The molecule has 2 heterocycles. The highest BCUT2D eigenvalue weighted by Crippen LogP contribution is 2.47. The molecule has 8 heteroatoms. The molecule has 2 amide bonds. The van der Waals surface area contributed by atoms with Crippen molar-refractivity contribution in [3.63, 3.8) is 0 Å². The van der Waals surface area contributed by atoms with E-state index in [4.69, 9.17) is 4.74 Å². The van der Waals surface area contributed by atoms with Gasteiger partial charge in [0.15, 0.2) is 0 Å². The van der Waals surface area contributed by atoms with E-state index in [0.717, 1.165) is 0 Å². The van der Waals surface area contributed by atoms with Crippen LogP contribution < -0.4 is 10.1 Å². The summed E-state index contributed by atoms with van der Waals surface area (Å²) in [5, 5.41) is 21.9. The van der Waals surface area contributed by atoms with Gasteiger partial charge in [-0.1, -0.05) is 6.07 Å². The highest BCUT2D eigenvalue weighted by Gasteiger charge is 2.56. The lowest BCUT2D eigenvalue weighted by atomic mass is 9.82. The zero-order valence-corrected chi connectivity index (χ0v) is 13.7. The van der Waals surface area contributed by atoms with Gasteiger partial charge in [0.25, 0.3) is 0 Å².